The molecule has 3 aromatic rings. The maximum Gasteiger partial charge on any atom is 0.351 e. The fourth-order valence-electron chi connectivity index (χ4n) is 9.48. The van der Waals surface area contributed by atoms with E-state index < -0.39 is 80.0 Å². The summed E-state index contributed by atoms with van der Waals surface area (Å²) in [6, 6.07) is 6.50. The van der Waals surface area contributed by atoms with Gasteiger partial charge < -0.3 is 32.8 Å². The van der Waals surface area contributed by atoms with Gasteiger partial charge in [0.05, 0.1) is 28.9 Å². The molecule has 4 heterocycles. The van der Waals surface area contributed by atoms with Crippen LogP contribution in [0, 0.1) is 21.7 Å². The number of carbonyl (C=O) groups excluding carboxylic acids is 4. The lowest BCUT2D eigenvalue weighted by molar-refractivity contribution is -0.217. The van der Waals surface area contributed by atoms with Crippen molar-refractivity contribution in [3.8, 4) is 11.5 Å². The SMILES string of the molecule is COc1cc2c(c3oc4cc(Br)ccc4c(=O)c13)[C@@H](OC(=O)C13CCC(C)(C(=O)O1)C3(C)C)[C@@H](OC(=O)C13CCC(C)(C(=O)O1)C3(C)C)C(C)(C)O2. The summed E-state index contributed by atoms with van der Waals surface area (Å²) >= 11 is 3.44. The first-order chi connectivity index (χ1) is 24.1. The Balaban J connectivity index is 1.34. The first-order valence-electron chi connectivity index (χ1n) is 17.5. The molecular formula is C39H41BrO12. The summed E-state index contributed by atoms with van der Waals surface area (Å²) in [5.41, 5.74) is -8.47. The lowest BCUT2D eigenvalue weighted by Gasteiger charge is -2.46. The van der Waals surface area contributed by atoms with Crippen molar-refractivity contribution in [3.63, 3.8) is 0 Å². The van der Waals surface area contributed by atoms with E-state index in [0.29, 0.717) is 17.3 Å². The third-order valence-corrected chi connectivity index (χ3v) is 14.5. The number of halogens is 1. The van der Waals surface area contributed by atoms with Crippen molar-refractivity contribution in [2.75, 3.05) is 7.11 Å². The topological polar surface area (TPSA) is 154 Å². The molecule has 3 aliphatic heterocycles. The van der Waals surface area contributed by atoms with Crippen molar-refractivity contribution in [1.82, 2.24) is 0 Å². The summed E-state index contributed by atoms with van der Waals surface area (Å²) in [5, 5.41) is 0.334. The van der Waals surface area contributed by atoms with E-state index in [1.807, 2.05) is 27.7 Å². The van der Waals surface area contributed by atoms with E-state index in [9.17, 15) is 24.0 Å². The van der Waals surface area contributed by atoms with Crippen molar-refractivity contribution in [2.45, 2.75) is 110 Å². The number of ether oxygens (including phenoxy) is 6. The lowest BCUT2D eigenvalue weighted by atomic mass is 9.66. The Labute approximate surface area is 307 Å². The van der Waals surface area contributed by atoms with Gasteiger partial charge in [-0.05, 0) is 71.6 Å². The molecule has 12 nitrogen and oxygen atoms in total. The predicted octanol–water partition coefficient (Wildman–Crippen LogP) is 6.63. The highest BCUT2D eigenvalue weighted by Gasteiger charge is 2.78. The number of esters is 4. The number of hydrogen-bond acceptors (Lipinski definition) is 12. The van der Waals surface area contributed by atoms with Crippen LogP contribution in [-0.4, -0.2) is 53.9 Å². The van der Waals surface area contributed by atoms with E-state index in [2.05, 4.69) is 15.9 Å². The largest absolute Gasteiger partial charge is 0.496 e. The fourth-order valence-corrected chi connectivity index (χ4v) is 9.82. The van der Waals surface area contributed by atoms with Gasteiger partial charge in [0.2, 0.25) is 16.6 Å². The van der Waals surface area contributed by atoms with E-state index >= 15 is 0 Å². The summed E-state index contributed by atoms with van der Waals surface area (Å²) < 4.78 is 44.0. The third-order valence-electron chi connectivity index (χ3n) is 14.0. The normalized spacial score (nSPS) is 34.4. The Hall–Kier alpha value is -4.13. The molecule has 4 bridgehead atoms. The number of methoxy groups -OCH3 is 1. The molecule has 13 heteroatoms. The number of benzene rings is 2. The Morgan fingerprint density at radius 1 is 0.769 bits per heavy atom. The van der Waals surface area contributed by atoms with Crippen molar-refractivity contribution in [3.05, 3.63) is 44.5 Å². The predicted molar refractivity (Wildman–Crippen MR) is 188 cm³/mol. The molecule has 0 radical (unpaired) electrons. The van der Waals surface area contributed by atoms with Crippen LogP contribution in [0.3, 0.4) is 0 Å². The molecule has 2 aliphatic carbocycles. The molecule has 2 saturated carbocycles. The first-order valence-corrected chi connectivity index (χ1v) is 18.3. The second-order valence-corrected chi connectivity index (χ2v) is 17.9. The summed E-state index contributed by atoms with van der Waals surface area (Å²) in [7, 11) is 1.41. The van der Waals surface area contributed by atoms with Crippen LogP contribution in [0.15, 0.2) is 37.9 Å². The van der Waals surface area contributed by atoms with Gasteiger partial charge in [-0.25, -0.2) is 9.59 Å². The summed E-state index contributed by atoms with van der Waals surface area (Å²) in [6.45, 7) is 14.2. The molecule has 0 amide bonds. The molecule has 0 spiro atoms. The molecule has 4 fully saturated rings. The van der Waals surface area contributed by atoms with Gasteiger partial charge in [-0.2, -0.15) is 0 Å². The minimum Gasteiger partial charge on any atom is -0.496 e. The molecule has 2 saturated heterocycles. The Kier molecular flexibility index (Phi) is 6.92. The smallest absolute Gasteiger partial charge is 0.351 e. The molecule has 8 rings (SSSR count). The number of fused-ring (bicyclic) bond motifs is 8. The van der Waals surface area contributed by atoms with Crippen LogP contribution in [0.25, 0.3) is 21.9 Å². The average Bonchev–Trinajstić information content (AvgIpc) is 3.53. The van der Waals surface area contributed by atoms with Crippen molar-refractivity contribution < 1.29 is 52.0 Å². The zero-order valence-corrected chi connectivity index (χ0v) is 32.2. The Morgan fingerprint density at radius 2 is 1.33 bits per heavy atom. The van der Waals surface area contributed by atoms with Crippen LogP contribution < -0.4 is 14.9 Å². The first kappa shape index (κ1) is 34.9. The molecule has 0 N–H and O–H groups in total. The summed E-state index contributed by atoms with van der Waals surface area (Å²) in [6.07, 6.45) is -1.57. The quantitative estimate of drug-likeness (QED) is 0.155. The second kappa shape index (κ2) is 10.3. The van der Waals surface area contributed by atoms with E-state index in [4.69, 9.17) is 32.8 Å². The zero-order chi connectivity index (χ0) is 37.8. The molecule has 4 unspecified atom stereocenters. The van der Waals surface area contributed by atoms with Gasteiger partial charge in [-0.15, -0.1) is 0 Å². The monoisotopic (exact) mass is 780 g/mol. The van der Waals surface area contributed by atoms with Crippen LogP contribution in [-0.2, 0) is 38.1 Å². The fraction of sp³-hybridized carbons (Fsp3) is 0.564. The van der Waals surface area contributed by atoms with E-state index in [-0.39, 0.29) is 51.8 Å². The Morgan fingerprint density at radius 3 is 1.83 bits per heavy atom. The third kappa shape index (κ3) is 3.90. The molecular weight excluding hydrogens is 740 g/mol. The van der Waals surface area contributed by atoms with Crippen molar-refractivity contribution in [1.29, 1.82) is 0 Å². The highest BCUT2D eigenvalue weighted by molar-refractivity contribution is 9.10. The van der Waals surface area contributed by atoms with Gasteiger partial charge in [0.25, 0.3) is 0 Å². The van der Waals surface area contributed by atoms with Crippen LogP contribution in [0.4, 0.5) is 0 Å². The van der Waals surface area contributed by atoms with Gasteiger partial charge in [0.1, 0.15) is 28.1 Å². The maximum atomic E-state index is 14.7. The molecule has 276 valence electrons. The van der Waals surface area contributed by atoms with Crippen molar-refractivity contribution >= 4 is 61.7 Å². The highest BCUT2D eigenvalue weighted by atomic mass is 79.9. The minimum atomic E-state index is -1.65. The van der Waals surface area contributed by atoms with Gasteiger partial charge in [0.15, 0.2) is 17.8 Å². The summed E-state index contributed by atoms with van der Waals surface area (Å²) in [5.74, 6) is -2.32. The molecule has 52 heavy (non-hydrogen) atoms. The van der Waals surface area contributed by atoms with E-state index in [1.54, 1.807) is 45.9 Å². The maximum absolute atomic E-state index is 14.7. The minimum absolute atomic E-state index is 0.00466. The lowest BCUT2D eigenvalue weighted by Crippen LogP contribution is -2.57. The molecule has 5 aliphatic rings. The van der Waals surface area contributed by atoms with Gasteiger partial charge >= 0.3 is 23.9 Å². The molecule has 6 atom stereocenters. The highest BCUT2D eigenvalue weighted by Crippen LogP contribution is 2.68. The van der Waals surface area contributed by atoms with Gasteiger partial charge in [-0.3, -0.25) is 14.4 Å². The summed E-state index contributed by atoms with van der Waals surface area (Å²) in [4.78, 5) is 69.8. The molecule has 2 aromatic carbocycles. The van der Waals surface area contributed by atoms with E-state index in [1.165, 1.54) is 13.2 Å². The number of carbonyl (C=O) groups is 4. The van der Waals surface area contributed by atoms with Crippen LogP contribution in [0.5, 0.6) is 11.5 Å². The van der Waals surface area contributed by atoms with E-state index in [0.717, 1.165) is 0 Å². The van der Waals surface area contributed by atoms with Crippen LogP contribution in [0.1, 0.15) is 92.7 Å². The van der Waals surface area contributed by atoms with Crippen LogP contribution >= 0.6 is 15.9 Å². The second-order valence-electron chi connectivity index (χ2n) is 17.0. The number of rotatable bonds is 5. The van der Waals surface area contributed by atoms with Gasteiger partial charge in [-0.1, -0.05) is 43.6 Å². The zero-order valence-electron chi connectivity index (χ0n) is 30.6. The average molecular weight is 782 g/mol. The number of hydrogen-bond donors (Lipinski definition) is 0. The van der Waals surface area contributed by atoms with Crippen molar-refractivity contribution in [2.24, 2.45) is 21.7 Å². The molecule has 1 aromatic heterocycles. The standard InChI is InChI=1S/C39H41BrO12/c1-33(2)28(49-32(45)39-15-13-37(8,30(43)52-39)35(39,5)6)27(48-31(44)38-14-12-36(7,29(42)51-38)34(38,3)4)24-22(50-33)17-21(46-9)23-25(41)19-11-10-18(40)16-20(19)47-26(23)24/h10-11,16-17,27-28H,12-15H2,1-9H3/t27-,28-,36?,37?,38?,39?/m1/s1. The van der Waals surface area contributed by atoms with Gasteiger partial charge in [0, 0.05) is 21.4 Å². The van der Waals surface area contributed by atoms with Crippen LogP contribution in [0.2, 0.25) is 0 Å². The Bertz CT molecular complexity index is 2240.